The first kappa shape index (κ1) is 16.4. The summed E-state index contributed by atoms with van der Waals surface area (Å²) < 4.78 is 0. The van der Waals surface area contributed by atoms with Crippen LogP contribution in [0, 0.1) is 27.2 Å². The van der Waals surface area contributed by atoms with E-state index in [1.54, 1.807) is 6.92 Å². The van der Waals surface area contributed by atoms with E-state index in [-0.39, 0.29) is 22.0 Å². The average molecular weight is 336 g/mol. The zero-order valence-corrected chi connectivity index (χ0v) is 12.5. The first-order valence-corrected chi connectivity index (χ1v) is 6.67. The van der Waals surface area contributed by atoms with Gasteiger partial charge in [0.05, 0.1) is 20.4 Å². The molecular weight excluding hydrogens is 326 g/mol. The molecule has 0 aliphatic rings. The number of amides is 1. The van der Waals surface area contributed by atoms with Crippen LogP contribution in [-0.2, 0) is 0 Å². The Balaban J connectivity index is 2.31. The molecule has 2 aromatic rings. The molecule has 8 nitrogen and oxygen atoms in total. The molecule has 0 aliphatic heterocycles. The molecule has 1 amide bonds. The predicted octanol–water partition coefficient (Wildman–Crippen LogP) is 3.72. The van der Waals surface area contributed by atoms with Crippen LogP contribution in [0.3, 0.4) is 0 Å². The van der Waals surface area contributed by atoms with Crippen LogP contribution in [0.25, 0.3) is 0 Å². The lowest BCUT2D eigenvalue weighted by molar-refractivity contribution is -0.385. The van der Waals surface area contributed by atoms with Crippen LogP contribution in [0.4, 0.5) is 17.1 Å². The molecular formula is C14H10ClN3O5. The standard InChI is InChI=1S/C14H10ClN3O5/c1-8-6-9(17(20)21)3-5-13(8)16-14(19)11-7-10(18(22)23)2-4-12(11)15/h2-7H,1H3,(H,16,19). The molecule has 0 atom stereocenters. The van der Waals surface area contributed by atoms with Gasteiger partial charge >= 0.3 is 0 Å². The molecule has 0 bridgehead atoms. The predicted molar refractivity (Wildman–Crippen MR) is 83.9 cm³/mol. The second-order valence-electron chi connectivity index (χ2n) is 4.63. The van der Waals surface area contributed by atoms with Crippen molar-refractivity contribution in [2.24, 2.45) is 0 Å². The quantitative estimate of drug-likeness (QED) is 0.675. The third kappa shape index (κ3) is 3.61. The highest BCUT2D eigenvalue weighted by Crippen LogP contribution is 2.25. The summed E-state index contributed by atoms with van der Waals surface area (Å²) in [6, 6.07) is 7.46. The lowest BCUT2D eigenvalue weighted by atomic mass is 10.1. The number of rotatable bonds is 4. The monoisotopic (exact) mass is 335 g/mol. The van der Waals surface area contributed by atoms with Crippen molar-refractivity contribution in [1.29, 1.82) is 0 Å². The van der Waals surface area contributed by atoms with E-state index in [0.29, 0.717) is 11.3 Å². The molecule has 0 radical (unpaired) electrons. The molecule has 2 aromatic carbocycles. The molecule has 0 fully saturated rings. The van der Waals surface area contributed by atoms with Crippen LogP contribution in [0.2, 0.25) is 5.02 Å². The highest BCUT2D eigenvalue weighted by atomic mass is 35.5. The maximum atomic E-state index is 12.2. The van der Waals surface area contributed by atoms with Crippen LogP contribution in [0.15, 0.2) is 36.4 Å². The molecule has 1 N–H and O–H groups in total. The Bertz CT molecular complexity index is 822. The number of nitro groups is 2. The van der Waals surface area contributed by atoms with Gasteiger partial charge in [0.2, 0.25) is 0 Å². The van der Waals surface area contributed by atoms with Crippen molar-refractivity contribution < 1.29 is 14.6 Å². The van der Waals surface area contributed by atoms with E-state index < -0.39 is 15.8 Å². The molecule has 0 spiro atoms. The van der Waals surface area contributed by atoms with Gasteiger partial charge in [-0.15, -0.1) is 0 Å². The molecule has 0 saturated heterocycles. The molecule has 9 heteroatoms. The third-order valence-electron chi connectivity index (χ3n) is 3.07. The zero-order valence-electron chi connectivity index (χ0n) is 11.8. The number of hydrogen-bond donors (Lipinski definition) is 1. The van der Waals surface area contributed by atoms with E-state index in [1.807, 2.05) is 0 Å². The summed E-state index contributed by atoms with van der Waals surface area (Å²) in [5.74, 6) is -0.643. The summed E-state index contributed by atoms with van der Waals surface area (Å²) in [4.78, 5) is 32.5. The van der Waals surface area contributed by atoms with Crippen molar-refractivity contribution in [3.05, 3.63) is 72.8 Å². The topological polar surface area (TPSA) is 115 Å². The van der Waals surface area contributed by atoms with E-state index in [0.717, 1.165) is 6.07 Å². The largest absolute Gasteiger partial charge is 0.322 e. The minimum atomic E-state index is -0.643. The van der Waals surface area contributed by atoms with Gasteiger partial charge < -0.3 is 5.32 Å². The van der Waals surface area contributed by atoms with Gasteiger partial charge in [0.25, 0.3) is 17.3 Å². The Labute approximate surface area is 135 Å². The van der Waals surface area contributed by atoms with Gasteiger partial charge in [0, 0.05) is 30.0 Å². The van der Waals surface area contributed by atoms with Gasteiger partial charge in [0.1, 0.15) is 0 Å². The smallest absolute Gasteiger partial charge is 0.270 e. The normalized spacial score (nSPS) is 10.2. The second-order valence-corrected chi connectivity index (χ2v) is 5.04. The molecule has 0 unspecified atom stereocenters. The fraction of sp³-hybridized carbons (Fsp3) is 0.0714. The van der Waals surface area contributed by atoms with Gasteiger partial charge in [-0.25, -0.2) is 0 Å². The Morgan fingerprint density at radius 3 is 2.17 bits per heavy atom. The average Bonchev–Trinajstić information content (AvgIpc) is 2.49. The number of nitro benzene ring substituents is 2. The minimum Gasteiger partial charge on any atom is -0.322 e. The lowest BCUT2D eigenvalue weighted by Gasteiger charge is -2.09. The summed E-state index contributed by atoms with van der Waals surface area (Å²) in [5, 5.41) is 24.1. The second kappa shape index (κ2) is 6.41. The molecule has 0 aliphatic carbocycles. The number of nitrogens with one attached hydrogen (secondary N) is 1. The number of benzene rings is 2. The maximum absolute atomic E-state index is 12.2. The van der Waals surface area contributed by atoms with Gasteiger partial charge in [-0.1, -0.05) is 11.6 Å². The molecule has 2 rings (SSSR count). The Morgan fingerprint density at radius 1 is 1.04 bits per heavy atom. The number of aryl methyl sites for hydroxylation is 1. The van der Waals surface area contributed by atoms with Gasteiger partial charge in [0.15, 0.2) is 0 Å². The SMILES string of the molecule is Cc1cc([N+](=O)[O-])ccc1NC(=O)c1cc([N+](=O)[O-])ccc1Cl. The first-order valence-electron chi connectivity index (χ1n) is 6.30. The number of non-ortho nitro benzene ring substituents is 2. The molecule has 23 heavy (non-hydrogen) atoms. The maximum Gasteiger partial charge on any atom is 0.270 e. The molecule has 0 heterocycles. The minimum absolute atomic E-state index is 0.0568. The number of anilines is 1. The van der Waals surface area contributed by atoms with Crippen LogP contribution in [-0.4, -0.2) is 15.8 Å². The summed E-state index contributed by atoms with van der Waals surface area (Å²) >= 11 is 5.90. The van der Waals surface area contributed by atoms with Crippen molar-refractivity contribution in [3.8, 4) is 0 Å². The first-order chi connectivity index (χ1) is 10.8. The summed E-state index contributed by atoms with van der Waals surface area (Å²) in [6.07, 6.45) is 0. The van der Waals surface area contributed by atoms with Crippen molar-refractivity contribution in [2.75, 3.05) is 5.32 Å². The van der Waals surface area contributed by atoms with Crippen molar-refractivity contribution in [3.63, 3.8) is 0 Å². The highest BCUT2D eigenvalue weighted by molar-refractivity contribution is 6.34. The van der Waals surface area contributed by atoms with Gasteiger partial charge in [-0.2, -0.15) is 0 Å². The van der Waals surface area contributed by atoms with Crippen molar-refractivity contribution in [1.82, 2.24) is 0 Å². The van der Waals surface area contributed by atoms with Crippen molar-refractivity contribution in [2.45, 2.75) is 6.92 Å². The number of carbonyl (C=O) groups excluding carboxylic acids is 1. The van der Waals surface area contributed by atoms with Crippen LogP contribution in [0.1, 0.15) is 15.9 Å². The lowest BCUT2D eigenvalue weighted by Crippen LogP contribution is -2.13. The summed E-state index contributed by atoms with van der Waals surface area (Å²) in [5.41, 5.74) is 0.407. The van der Waals surface area contributed by atoms with Crippen LogP contribution < -0.4 is 5.32 Å². The molecule has 0 saturated carbocycles. The van der Waals surface area contributed by atoms with E-state index >= 15 is 0 Å². The summed E-state index contributed by atoms with van der Waals surface area (Å²) in [6.45, 7) is 1.59. The van der Waals surface area contributed by atoms with E-state index in [1.165, 1.54) is 30.3 Å². The Morgan fingerprint density at radius 2 is 1.61 bits per heavy atom. The number of hydrogen-bond acceptors (Lipinski definition) is 5. The summed E-state index contributed by atoms with van der Waals surface area (Å²) in [7, 11) is 0. The molecule has 0 aromatic heterocycles. The van der Waals surface area contributed by atoms with E-state index in [4.69, 9.17) is 11.6 Å². The zero-order chi connectivity index (χ0) is 17.1. The van der Waals surface area contributed by atoms with Crippen LogP contribution >= 0.6 is 11.6 Å². The number of halogens is 1. The van der Waals surface area contributed by atoms with Crippen molar-refractivity contribution >= 4 is 34.6 Å². The molecule has 118 valence electrons. The van der Waals surface area contributed by atoms with Gasteiger partial charge in [-0.05, 0) is 24.6 Å². The van der Waals surface area contributed by atoms with Gasteiger partial charge in [-0.3, -0.25) is 25.0 Å². The fourth-order valence-corrected chi connectivity index (χ4v) is 2.10. The van der Waals surface area contributed by atoms with E-state index in [9.17, 15) is 25.0 Å². The van der Waals surface area contributed by atoms with Crippen LogP contribution in [0.5, 0.6) is 0 Å². The number of nitrogens with zero attached hydrogens (tertiary/aromatic N) is 2. The Hall–Kier alpha value is -3.00. The fourth-order valence-electron chi connectivity index (χ4n) is 1.89. The van der Waals surface area contributed by atoms with E-state index in [2.05, 4.69) is 5.32 Å². The highest BCUT2D eigenvalue weighted by Gasteiger charge is 2.17. The Kier molecular flexibility index (Phi) is 4.56. The number of carbonyl (C=O) groups is 1. The third-order valence-corrected chi connectivity index (χ3v) is 3.40.